The van der Waals surface area contributed by atoms with Crippen LogP contribution >= 0.6 is 12.4 Å². The monoisotopic (exact) mass is 163 g/mol. The SMILES string of the molecule is C1NCC1CC1COC1.Cl. The van der Waals surface area contributed by atoms with Crippen molar-refractivity contribution in [3.05, 3.63) is 0 Å². The summed E-state index contributed by atoms with van der Waals surface area (Å²) in [6, 6.07) is 0. The molecular formula is C7H14ClNO. The summed E-state index contributed by atoms with van der Waals surface area (Å²) in [5.74, 6) is 1.87. The highest BCUT2D eigenvalue weighted by molar-refractivity contribution is 5.85. The number of rotatable bonds is 2. The van der Waals surface area contributed by atoms with Crippen LogP contribution in [-0.4, -0.2) is 26.3 Å². The van der Waals surface area contributed by atoms with Crippen molar-refractivity contribution in [1.82, 2.24) is 5.32 Å². The molecule has 2 rings (SSSR count). The second-order valence-corrected chi connectivity index (χ2v) is 3.16. The second-order valence-electron chi connectivity index (χ2n) is 3.16. The molecule has 0 atom stereocenters. The van der Waals surface area contributed by atoms with Crippen LogP contribution in [0, 0.1) is 11.8 Å². The van der Waals surface area contributed by atoms with Crippen LogP contribution in [0.4, 0.5) is 0 Å². The molecule has 0 aromatic rings. The first-order valence-electron chi connectivity index (χ1n) is 3.73. The van der Waals surface area contributed by atoms with Gasteiger partial charge in [-0.05, 0) is 25.4 Å². The molecule has 1 N–H and O–H groups in total. The molecule has 10 heavy (non-hydrogen) atoms. The van der Waals surface area contributed by atoms with Gasteiger partial charge < -0.3 is 10.1 Å². The van der Waals surface area contributed by atoms with Gasteiger partial charge in [0.05, 0.1) is 13.2 Å². The van der Waals surface area contributed by atoms with Crippen molar-refractivity contribution in [2.24, 2.45) is 11.8 Å². The van der Waals surface area contributed by atoms with E-state index in [0.717, 1.165) is 25.0 Å². The summed E-state index contributed by atoms with van der Waals surface area (Å²) in [4.78, 5) is 0. The fourth-order valence-corrected chi connectivity index (χ4v) is 1.41. The molecule has 2 aliphatic heterocycles. The lowest BCUT2D eigenvalue weighted by molar-refractivity contribution is -0.0455. The van der Waals surface area contributed by atoms with Crippen molar-refractivity contribution in [2.75, 3.05) is 26.3 Å². The average Bonchev–Trinajstić information content (AvgIpc) is 1.57. The summed E-state index contributed by atoms with van der Waals surface area (Å²) < 4.78 is 5.08. The van der Waals surface area contributed by atoms with Crippen LogP contribution in [0.1, 0.15) is 6.42 Å². The van der Waals surface area contributed by atoms with Gasteiger partial charge in [-0.25, -0.2) is 0 Å². The molecule has 0 bridgehead atoms. The number of halogens is 1. The Morgan fingerprint density at radius 1 is 1.20 bits per heavy atom. The first-order chi connectivity index (χ1) is 4.45. The molecule has 2 saturated heterocycles. The molecule has 0 amide bonds. The third-order valence-electron chi connectivity index (χ3n) is 2.24. The Balaban J connectivity index is 0.000000500. The minimum atomic E-state index is 0. The molecular weight excluding hydrogens is 150 g/mol. The van der Waals surface area contributed by atoms with Crippen LogP contribution in [0.5, 0.6) is 0 Å². The molecule has 2 aliphatic rings. The van der Waals surface area contributed by atoms with Crippen LogP contribution in [0.2, 0.25) is 0 Å². The molecule has 0 saturated carbocycles. The van der Waals surface area contributed by atoms with E-state index in [1.807, 2.05) is 0 Å². The van der Waals surface area contributed by atoms with E-state index in [0.29, 0.717) is 0 Å². The summed E-state index contributed by atoms with van der Waals surface area (Å²) in [6.07, 6.45) is 1.40. The molecule has 0 aromatic carbocycles. The van der Waals surface area contributed by atoms with Gasteiger partial charge in [-0.15, -0.1) is 12.4 Å². The highest BCUT2D eigenvalue weighted by atomic mass is 35.5. The van der Waals surface area contributed by atoms with E-state index in [9.17, 15) is 0 Å². The quantitative estimate of drug-likeness (QED) is 0.646. The predicted molar refractivity (Wildman–Crippen MR) is 42.5 cm³/mol. The maximum atomic E-state index is 5.08. The van der Waals surface area contributed by atoms with Gasteiger partial charge in [0.1, 0.15) is 0 Å². The van der Waals surface area contributed by atoms with E-state index < -0.39 is 0 Å². The minimum absolute atomic E-state index is 0. The van der Waals surface area contributed by atoms with Crippen LogP contribution in [-0.2, 0) is 4.74 Å². The fourth-order valence-electron chi connectivity index (χ4n) is 1.41. The Kier molecular flexibility index (Phi) is 2.96. The summed E-state index contributed by atoms with van der Waals surface area (Å²) in [7, 11) is 0. The van der Waals surface area contributed by atoms with E-state index in [4.69, 9.17) is 4.74 Å². The smallest absolute Gasteiger partial charge is 0.0516 e. The molecule has 0 radical (unpaired) electrons. The zero-order chi connectivity index (χ0) is 6.10. The second kappa shape index (κ2) is 3.56. The Hall–Kier alpha value is 0.210. The molecule has 2 fully saturated rings. The first-order valence-corrected chi connectivity index (χ1v) is 3.73. The highest BCUT2D eigenvalue weighted by Gasteiger charge is 2.25. The zero-order valence-corrected chi connectivity index (χ0v) is 6.82. The van der Waals surface area contributed by atoms with E-state index in [-0.39, 0.29) is 12.4 Å². The zero-order valence-electron chi connectivity index (χ0n) is 6.01. The maximum absolute atomic E-state index is 5.08. The standard InChI is InChI=1S/C7H13NO.ClH/c1(6-2-8-3-6)7-4-9-5-7;/h6-8H,1-5H2;1H. The molecule has 3 heteroatoms. The van der Waals surface area contributed by atoms with Crippen molar-refractivity contribution < 1.29 is 4.74 Å². The molecule has 0 spiro atoms. The highest BCUT2D eigenvalue weighted by Crippen LogP contribution is 2.21. The third-order valence-corrected chi connectivity index (χ3v) is 2.24. The molecule has 60 valence electrons. The van der Waals surface area contributed by atoms with Crippen molar-refractivity contribution in [3.63, 3.8) is 0 Å². The lowest BCUT2D eigenvalue weighted by Crippen LogP contribution is -2.45. The number of ether oxygens (including phenoxy) is 1. The third kappa shape index (κ3) is 1.62. The van der Waals surface area contributed by atoms with Gasteiger partial charge in [0.2, 0.25) is 0 Å². The summed E-state index contributed by atoms with van der Waals surface area (Å²) in [5, 5.41) is 3.27. The van der Waals surface area contributed by atoms with Crippen LogP contribution in [0.3, 0.4) is 0 Å². The van der Waals surface area contributed by atoms with Crippen LogP contribution in [0.25, 0.3) is 0 Å². The van der Waals surface area contributed by atoms with E-state index in [2.05, 4.69) is 5.32 Å². The van der Waals surface area contributed by atoms with E-state index >= 15 is 0 Å². The van der Waals surface area contributed by atoms with Crippen molar-refractivity contribution in [2.45, 2.75) is 6.42 Å². The number of hydrogen-bond donors (Lipinski definition) is 1. The lowest BCUT2D eigenvalue weighted by atomic mass is 9.89. The van der Waals surface area contributed by atoms with Gasteiger partial charge in [-0.1, -0.05) is 0 Å². The lowest BCUT2D eigenvalue weighted by Gasteiger charge is -2.34. The normalized spacial score (nSPS) is 26.4. The average molecular weight is 164 g/mol. The number of nitrogens with one attached hydrogen (secondary N) is 1. The molecule has 0 unspecified atom stereocenters. The topological polar surface area (TPSA) is 21.3 Å². The van der Waals surface area contributed by atoms with Gasteiger partial charge in [0, 0.05) is 5.92 Å². The van der Waals surface area contributed by atoms with Crippen LogP contribution < -0.4 is 5.32 Å². The molecule has 0 aliphatic carbocycles. The van der Waals surface area contributed by atoms with Gasteiger partial charge in [0.25, 0.3) is 0 Å². The summed E-state index contributed by atoms with van der Waals surface area (Å²) in [6.45, 7) is 4.54. The van der Waals surface area contributed by atoms with Crippen LogP contribution in [0.15, 0.2) is 0 Å². The summed E-state index contributed by atoms with van der Waals surface area (Å²) >= 11 is 0. The van der Waals surface area contributed by atoms with Gasteiger partial charge >= 0.3 is 0 Å². The summed E-state index contributed by atoms with van der Waals surface area (Å²) in [5.41, 5.74) is 0. The van der Waals surface area contributed by atoms with Crippen molar-refractivity contribution >= 4 is 12.4 Å². The van der Waals surface area contributed by atoms with E-state index in [1.165, 1.54) is 19.5 Å². The Bertz CT molecular complexity index is 89.8. The maximum Gasteiger partial charge on any atom is 0.0516 e. The molecule has 2 nitrogen and oxygen atoms in total. The minimum Gasteiger partial charge on any atom is -0.381 e. The molecule has 0 aromatic heterocycles. The fraction of sp³-hybridized carbons (Fsp3) is 1.00. The Morgan fingerprint density at radius 2 is 1.90 bits per heavy atom. The van der Waals surface area contributed by atoms with Gasteiger partial charge in [-0.2, -0.15) is 0 Å². The Morgan fingerprint density at radius 3 is 2.20 bits per heavy atom. The Labute approximate surface area is 67.7 Å². The first kappa shape index (κ1) is 8.31. The van der Waals surface area contributed by atoms with Gasteiger partial charge in [0.15, 0.2) is 0 Å². The largest absolute Gasteiger partial charge is 0.381 e. The van der Waals surface area contributed by atoms with Crippen molar-refractivity contribution in [3.8, 4) is 0 Å². The van der Waals surface area contributed by atoms with E-state index in [1.54, 1.807) is 0 Å². The van der Waals surface area contributed by atoms with Crippen molar-refractivity contribution in [1.29, 1.82) is 0 Å². The van der Waals surface area contributed by atoms with Gasteiger partial charge in [-0.3, -0.25) is 0 Å². The number of hydrogen-bond acceptors (Lipinski definition) is 2. The molecule has 2 heterocycles. The predicted octanol–water partition coefficient (Wildman–Crippen LogP) is 0.664.